The van der Waals surface area contributed by atoms with Crippen LogP contribution >= 0.6 is 0 Å². The molecule has 9 heteroatoms. The number of sulfonamides is 1. The molecule has 0 radical (unpaired) electrons. The number of hydrogen-bond donors (Lipinski definition) is 0. The Morgan fingerprint density at radius 2 is 1.61 bits per heavy atom. The maximum atomic E-state index is 13.4. The molecule has 1 aromatic heterocycles. The minimum atomic E-state index is -4.73. The average molecular weight is 412 g/mol. The van der Waals surface area contributed by atoms with E-state index >= 15 is 0 Å². The summed E-state index contributed by atoms with van der Waals surface area (Å²) in [5.41, 5.74) is -1.12. The van der Waals surface area contributed by atoms with Crippen molar-refractivity contribution in [2.45, 2.75) is 54.9 Å². The number of fused-ring (bicyclic) bond motifs is 2. The van der Waals surface area contributed by atoms with E-state index < -0.39 is 26.7 Å². The van der Waals surface area contributed by atoms with Crippen molar-refractivity contribution < 1.29 is 26.3 Å². The van der Waals surface area contributed by atoms with E-state index in [1.54, 1.807) is 24.5 Å². The van der Waals surface area contributed by atoms with Crippen molar-refractivity contribution in [1.29, 1.82) is 0 Å². The standard InChI is InChI=1S/C19H19F3N2O3S/c20-19(21,22)17-3-1-2-4-18(17)28(25,26)24-13-5-6-14(24)12-16(11-13)27-15-7-9-23-10-8-15/h1-4,7-10,13-14,16H,5-6,11-12H2/t13-,14-/m0/s1. The van der Waals surface area contributed by atoms with Gasteiger partial charge in [-0.2, -0.15) is 17.5 Å². The summed E-state index contributed by atoms with van der Waals surface area (Å²) in [6, 6.07) is 7.10. The lowest BCUT2D eigenvalue weighted by molar-refractivity contribution is -0.140. The summed E-state index contributed by atoms with van der Waals surface area (Å²) in [5.74, 6) is 0.651. The topological polar surface area (TPSA) is 59.5 Å². The zero-order valence-electron chi connectivity index (χ0n) is 14.8. The molecule has 2 saturated heterocycles. The van der Waals surface area contributed by atoms with Gasteiger partial charge in [-0.1, -0.05) is 12.1 Å². The average Bonchev–Trinajstić information content (AvgIpc) is 2.94. The molecule has 0 spiro atoms. The molecule has 2 fully saturated rings. The highest BCUT2D eigenvalue weighted by Crippen LogP contribution is 2.43. The minimum absolute atomic E-state index is 0.177. The quantitative estimate of drug-likeness (QED) is 0.765. The highest BCUT2D eigenvalue weighted by atomic mass is 32.2. The number of piperidine rings is 1. The molecular formula is C19H19F3N2O3S. The van der Waals surface area contributed by atoms with Crippen molar-refractivity contribution in [2.24, 2.45) is 0 Å². The van der Waals surface area contributed by atoms with Crippen LogP contribution in [0.2, 0.25) is 0 Å². The Labute approximate surface area is 161 Å². The molecule has 0 aliphatic carbocycles. The molecule has 150 valence electrons. The number of rotatable bonds is 4. The molecule has 2 aliphatic rings. The molecule has 1 aromatic carbocycles. The molecule has 2 atom stereocenters. The van der Waals surface area contributed by atoms with E-state index in [-0.39, 0.29) is 18.2 Å². The fourth-order valence-corrected chi connectivity index (χ4v) is 6.33. The zero-order chi connectivity index (χ0) is 19.9. The van der Waals surface area contributed by atoms with E-state index in [4.69, 9.17) is 4.74 Å². The lowest BCUT2D eigenvalue weighted by Crippen LogP contribution is -2.49. The van der Waals surface area contributed by atoms with Crippen LogP contribution in [-0.4, -0.2) is 35.9 Å². The Balaban J connectivity index is 1.60. The first kappa shape index (κ1) is 19.2. The van der Waals surface area contributed by atoms with E-state index in [0.717, 1.165) is 12.1 Å². The van der Waals surface area contributed by atoms with Crippen molar-refractivity contribution in [3.05, 3.63) is 54.4 Å². The Kier molecular flexibility index (Phi) is 4.83. The Bertz CT molecular complexity index is 936. The van der Waals surface area contributed by atoms with Gasteiger partial charge in [0.2, 0.25) is 10.0 Å². The SMILES string of the molecule is O=S(=O)(c1ccccc1C(F)(F)F)N1[C@H]2CC[C@H]1CC(Oc1ccncc1)C2. The summed E-state index contributed by atoms with van der Waals surface area (Å²) < 4.78 is 73.6. The third-order valence-electron chi connectivity index (χ3n) is 5.32. The lowest BCUT2D eigenvalue weighted by atomic mass is 10.0. The number of nitrogens with zero attached hydrogens (tertiary/aromatic N) is 2. The van der Waals surface area contributed by atoms with Gasteiger partial charge in [-0.25, -0.2) is 8.42 Å². The molecule has 2 aromatic rings. The first-order valence-electron chi connectivity index (χ1n) is 9.03. The van der Waals surface area contributed by atoms with Crippen LogP contribution in [-0.2, 0) is 16.2 Å². The number of aromatic nitrogens is 1. The largest absolute Gasteiger partial charge is 0.490 e. The maximum absolute atomic E-state index is 13.4. The van der Waals surface area contributed by atoms with E-state index in [0.29, 0.717) is 31.4 Å². The molecular weight excluding hydrogens is 393 g/mol. The smallest absolute Gasteiger partial charge is 0.417 e. The normalized spacial score (nSPS) is 25.6. The monoisotopic (exact) mass is 412 g/mol. The van der Waals surface area contributed by atoms with Crippen molar-refractivity contribution >= 4 is 10.0 Å². The zero-order valence-corrected chi connectivity index (χ0v) is 15.7. The molecule has 28 heavy (non-hydrogen) atoms. The maximum Gasteiger partial charge on any atom is 0.417 e. The Morgan fingerprint density at radius 1 is 1.00 bits per heavy atom. The van der Waals surface area contributed by atoms with E-state index in [2.05, 4.69) is 4.98 Å². The van der Waals surface area contributed by atoms with Gasteiger partial charge in [0, 0.05) is 37.3 Å². The number of pyridine rings is 1. The molecule has 0 saturated carbocycles. The van der Waals surface area contributed by atoms with E-state index in [1.165, 1.54) is 16.4 Å². The van der Waals surface area contributed by atoms with Crippen molar-refractivity contribution in [3.8, 4) is 5.75 Å². The molecule has 0 unspecified atom stereocenters. The van der Waals surface area contributed by atoms with Gasteiger partial charge >= 0.3 is 6.18 Å². The molecule has 2 bridgehead atoms. The molecule has 0 N–H and O–H groups in total. The van der Waals surface area contributed by atoms with Crippen LogP contribution in [0.3, 0.4) is 0 Å². The summed E-state index contributed by atoms with van der Waals surface area (Å²) in [6.45, 7) is 0. The fraction of sp³-hybridized carbons (Fsp3) is 0.421. The molecule has 3 heterocycles. The second-order valence-corrected chi connectivity index (χ2v) is 8.92. The Hall–Kier alpha value is -2.13. The predicted molar refractivity (Wildman–Crippen MR) is 95.2 cm³/mol. The molecule has 2 aliphatic heterocycles. The van der Waals surface area contributed by atoms with Crippen LogP contribution < -0.4 is 4.74 Å². The molecule has 5 nitrogen and oxygen atoms in total. The second-order valence-electron chi connectivity index (χ2n) is 7.11. The number of alkyl halides is 3. The van der Waals surface area contributed by atoms with Gasteiger partial charge in [-0.05, 0) is 37.1 Å². The first-order valence-corrected chi connectivity index (χ1v) is 10.5. The summed E-state index contributed by atoms with van der Waals surface area (Å²) >= 11 is 0. The highest BCUT2D eigenvalue weighted by molar-refractivity contribution is 7.89. The number of ether oxygens (including phenoxy) is 1. The number of halogens is 3. The van der Waals surface area contributed by atoms with E-state index in [9.17, 15) is 21.6 Å². The van der Waals surface area contributed by atoms with Crippen molar-refractivity contribution in [3.63, 3.8) is 0 Å². The van der Waals surface area contributed by atoms with Crippen LogP contribution in [0, 0.1) is 0 Å². The van der Waals surface area contributed by atoms with Gasteiger partial charge in [0.25, 0.3) is 0 Å². The third kappa shape index (κ3) is 3.48. The fourth-order valence-electron chi connectivity index (χ4n) is 4.22. The van der Waals surface area contributed by atoms with Gasteiger partial charge in [-0.15, -0.1) is 0 Å². The molecule has 0 amide bonds. The van der Waals surface area contributed by atoms with E-state index in [1.807, 2.05) is 0 Å². The second kappa shape index (κ2) is 7.04. The summed E-state index contributed by atoms with van der Waals surface area (Å²) in [7, 11) is -4.26. The number of benzene rings is 1. The van der Waals surface area contributed by atoms with Gasteiger partial charge in [0.05, 0.1) is 10.5 Å². The Morgan fingerprint density at radius 3 is 2.21 bits per heavy atom. The van der Waals surface area contributed by atoms with Gasteiger partial charge in [-0.3, -0.25) is 4.98 Å². The highest BCUT2D eigenvalue weighted by Gasteiger charge is 2.49. The van der Waals surface area contributed by atoms with Gasteiger partial charge in [0.15, 0.2) is 0 Å². The summed E-state index contributed by atoms with van der Waals surface area (Å²) in [4.78, 5) is 3.25. The van der Waals surface area contributed by atoms with Gasteiger partial charge < -0.3 is 4.74 Å². The number of hydrogen-bond acceptors (Lipinski definition) is 4. The van der Waals surface area contributed by atoms with Crippen LogP contribution in [0.5, 0.6) is 5.75 Å². The van der Waals surface area contributed by atoms with Crippen LogP contribution in [0.1, 0.15) is 31.2 Å². The molecule has 4 rings (SSSR count). The third-order valence-corrected chi connectivity index (χ3v) is 7.39. The van der Waals surface area contributed by atoms with Crippen LogP contribution in [0.15, 0.2) is 53.7 Å². The first-order chi connectivity index (χ1) is 13.3. The predicted octanol–water partition coefficient (Wildman–Crippen LogP) is 3.86. The van der Waals surface area contributed by atoms with Crippen molar-refractivity contribution in [1.82, 2.24) is 9.29 Å². The minimum Gasteiger partial charge on any atom is -0.490 e. The lowest BCUT2D eigenvalue weighted by Gasteiger charge is -2.38. The summed E-state index contributed by atoms with van der Waals surface area (Å²) in [6.07, 6.45) is 0.450. The van der Waals surface area contributed by atoms with Crippen LogP contribution in [0.25, 0.3) is 0 Å². The van der Waals surface area contributed by atoms with Crippen molar-refractivity contribution in [2.75, 3.05) is 0 Å². The van der Waals surface area contributed by atoms with Crippen LogP contribution in [0.4, 0.5) is 13.2 Å². The van der Waals surface area contributed by atoms with Gasteiger partial charge in [0.1, 0.15) is 11.9 Å². The summed E-state index contributed by atoms with van der Waals surface area (Å²) in [5, 5.41) is 0.